The molecule has 4 rings (SSSR count). The molecular formula is C17H18N4O5S. The first-order valence-electron chi connectivity index (χ1n) is 8.46. The van der Waals surface area contributed by atoms with Crippen LogP contribution in [0.4, 0.5) is 4.79 Å². The molecule has 9 nitrogen and oxygen atoms in total. The van der Waals surface area contributed by atoms with Gasteiger partial charge in [0.25, 0.3) is 5.88 Å². The Hall–Kier alpha value is -2.85. The molecule has 0 bridgehead atoms. The van der Waals surface area contributed by atoms with Crippen LogP contribution < -0.4 is 19.9 Å². The number of primary amides is 1. The van der Waals surface area contributed by atoms with Gasteiger partial charge in [0.05, 0.1) is 11.5 Å². The van der Waals surface area contributed by atoms with E-state index in [1.165, 1.54) is 6.07 Å². The van der Waals surface area contributed by atoms with Crippen molar-refractivity contribution in [1.29, 1.82) is 0 Å². The fourth-order valence-electron chi connectivity index (χ4n) is 2.87. The molecule has 0 saturated heterocycles. The summed E-state index contributed by atoms with van der Waals surface area (Å²) in [5, 5.41) is 1.25. The summed E-state index contributed by atoms with van der Waals surface area (Å²) in [6.45, 7) is 2.16. The average Bonchev–Trinajstić information content (AvgIpc) is 3.32. The molecule has 10 heteroatoms. The van der Waals surface area contributed by atoms with Crippen LogP contribution in [-0.2, 0) is 10.0 Å². The minimum Gasteiger partial charge on any atom is -0.478 e. The van der Waals surface area contributed by atoms with Crippen molar-refractivity contribution in [2.24, 2.45) is 5.73 Å². The predicted molar refractivity (Wildman–Crippen MR) is 98.3 cm³/mol. The van der Waals surface area contributed by atoms with Gasteiger partial charge in [-0.1, -0.05) is 0 Å². The van der Waals surface area contributed by atoms with Crippen LogP contribution in [0.5, 0.6) is 11.8 Å². The van der Waals surface area contributed by atoms with Gasteiger partial charge < -0.3 is 20.2 Å². The van der Waals surface area contributed by atoms with E-state index in [1.807, 2.05) is 0 Å². The van der Waals surface area contributed by atoms with Crippen molar-refractivity contribution in [2.75, 3.05) is 6.61 Å². The minimum absolute atomic E-state index is 0.0120. The van der Waals surface area contributed by atoms with Crippen molar-refractivity contribution < 1.29 is 22.7 Å². The van der Waals surface area contributed by atoms with Crippen LogP contribution in [0.15, 0.2) is 29.2 Å². The average molecular weight is 390 g/mol. The van der Waals surface area contributed by atoms with E-state index >= 15 is 0 Å². The van der Waals surface area contributed by atoms with Gasteiger partial charge >= 0.3 is 6.09 Å². The number of rotatable bonds is 6. The van der Waals surface area contributed by atoms with E-state index in [9.17, 15) is 13.2 Å². The number of pyridine rings is 1. The molecule has 1 saturated carbocycles. The lowest BCUT2D eigenvalue weighted by atomic mass is 10.2. The highest BCUT2D eigenvalue weighted by molar-refractivity contribution is 7.89. The minimum atomic E-state index is -3.60. The Morgan fingerprint density at radius 1 is 1.33 bits per heavy atom. The smallest absolute Gasteiger partial charge is 0.411 e. The third-order valence-electron chi connectivity index (χ3n) is 4.20. The highest BCUT2D eigenvalue weighted by Gasteiger charge is 2.28. The van der Waals surface area contributed by atoms with Crippen molar-refractivity contribution in [1.82, 2.24) is 14.7 Å². The molecule has 0 unspecified atom stereocenters. The second-order valence-corrected chi connectivity index (χ2v) is 7.98. The molecule has 0 atom stereocenters. The van der Waals surface area contributed by atoms with E-state index in [4.69, 9.17) is 15.2 Å². The molecule has 2 heterocycles. The number of benzene rings is 1. The molecule has 1 aliphatic rings. The lowest BCUT2D eigenvalue weighted by molar-refractivity contribution is 0.209. The van der Waals surface area contributed by atoms with Crippen LogP contribution in [0.2, 0.25) is 0 Å². The standard InChI is InChI=1S/C17H18N4O5S/c1-2-25-14-8-12-11-7-10(27(23,24)21-9-3-4-9)5-6-13(11)19-15(12)16(20-14)26-17(18)22/h5-9,19,21H,2-4H2,1H3,(H2,18,22). The zero-order valence-electron chi connectivity index (χ0n) is 14.5. The quantitative estimate of drug-likeness (QED) is 0.589. The number of fused-ring (bicyclic) bond motifs is 3. The molecule has 0 spiro atoms. The zero-order valence-corrected chi connectivity index (χ0v) is 15.3. The maximum atomic E-state index is 12.5. The maximum Gasteiger partial charge on any atom is 0.411 e. The van der Waals surface area contributed by atoms with E-state index in [2.05, 4.69) is 14.7 Å². The molecule has 3 aromatic rings. The van der Waals surface area contributed by atoms with Crippen LogP contribution in [0.3, 0.4) is 0 Å². The zero-order chi connectivity index (χ0) is 19.2. The Kier molecular flexibility index (Phi) is 4.16. The van der Waals surface area contributed by atoms with Crippen molar-refractivity contribution >= 4 is 37.9 Å². The number of ether oxygens (including phenoxy) is 2. The lowest BCUT2D eigenvalue weighted by Gasteiger charge is -2.07. The Bertz CT molecular complexity index is 1150. The molecule has 1 aromatic carbocycles. The summed E-state index contributed by atoms with van der Waals surface area (Å²) in [5.41, 5.74) is 6.22. The lowest BCUT2D eigenvalue weighted by Crippen LogP contribution is -2.25. The van der Waals surface area contributed by atoms with E-state index in [0.717, 1.165) is 12.8 Å². The second-order valence-electron chi connectivity index (χ2n) is 6.27. The Labute approximate surface area is 154 Å². The number of sulfonamides is 1. The molecule has 2 aromatic heterocycles. The first kappa shape index (κ1) is 17.6. The number of aromatic nitrogens is 2. The van der Waals surface area contributed by atoms with Crippen LogP contribution in [0, 0.1) is 0 Å². The van der Waals surface area contributed by atoms with Gasteiger partial charge in [0.2, 0.25) is 15.9 Å². The number of hydrogen-bond acceptors (Lipinski definition) is 6. The molecular weight excluding hydrogens is 372 g/mol. The molecule has 0 aliphatic heterocycles. The Morgan fingerprint density at radius 3 is 2.78 bits per heavy atom. The molecule has 4 N–H and O–H groups in total. The third kappa shape index (κ3) is 3.40. The van der Waals surface area contributed by atoms with Crippen molar-refractivity contribution in [3.8, 4) is 11.8 Å². The molecule has 0 radical (unpaired) electrons. The fourth-order valence-corrected chi connectivity index (χ4v) is 4.20. The first-order chi connectivity index (χ1) is 12.9. The van der Waals surface area contributed by atoms with Gasteiger partial charge in [0.15, 0.2) is 0 Å². The van der Waals surface area contributed by atoms with Gasteiger partial charge in [-0.15, -0.1) is 0 Å². The topological polar surface area (TPSA) is 136 Å². The number of amides is 1. The fraction of sp³-hybridized carbons (Fsp3) is 0.294. The van der Waals surface area contributed by atoms with Gasteiger partial charge in [-0.25, -0.2) is 17.9 Å². The van der Waals surface area contributed by atoms with E-state index in [1.54, 1.807) is 25.1 Å². The van der Waals surface area contributed by atoms with Gasteiger partial charge in [0.1, 0.15) is 5.52 Å². The number of H-pyrrole nitrogens is 1. The van der Waals surface area contributed by atoms with Crippen LogP contribution >= 0.6 is 0 Å². The molecule has 27 heavy (non-hydrogen) atoms. The third-order valence-corrected chi connectivity index (χ3v) is 5.72. The number of nitrogens with two attached hydrogens (primary N) is 1. The molecule has 1 aliphatic carbocycles. The Balaban J connectivity index is 1.90. The molecule has 142 valence electrons. The van der Waals surface area contributed by atoms with Gasteiger partial charge in [-0.2, -0.15) is 4.98 Å². The van der Waals surface area contributed by atoms with Crippen molar-refractivity contribution in [3.63, 3.8) is 0 Å². The summed E-state index contributed by atoms with van der Waals surface area (Å²) in [5.74, 6) is 0.215. The summed E-state index contributed by atoms with van der Waals surface area (Å²) in [6.07, 6.45) is 0.699. The number of aromatic amines is 1. The molecule has 1 fully saturated rings. The van der Waals surface area contributed by atoms with Gasteiger partial charge in [0, 0.05) is 28.4 Å². The number of carbonyl (C=O) groups excluding carboxylic acids is 1. The Morgan fingerprint density at radius 2 is 2.11 bits per heavy atom. The van der Waals surface area contributed by atoms with Crippen molar-refractivity contribution in [2.45, 2.75) is 30.7 Å². The van der Waals surface area contributed by atoms with E-state index in [-0.39, 0.29) is 22.7 Å². The van der Waals surface area contributed by atoms with E-state index < -0.39 is 16.1 Å². The first-order valence-corrected chi connectivity index (χ1v) is 9.94. The second kappa shape index (κ2) is 6.39. The SMILES string of the molecule is CCOc1cc2c([nH]c3ccc(S(=O)(=O)NC4CC4)cc32)c(OC(N)=O)n1. The molecule has 1 amide bonds. The van der Waals surface area contributed by atoms with Gasteiger partial charge in [-0.3, -0.25) is 0 Å². The number of nitrogens with one attached hydrogen (secondary N) is 2. The number of nitrogens with zero attached hydrogens (tertiary/aromatic N) is 1. The van der Waals surface area contributed by atoms with Crippen molar-refractivity contribution in [3.05, 3.63) is 24.3 Å². The summed E-state index contributed by atoms with van der Waals surface area (Å²) < 4.78 is 38.1. The number of carbonyl (C=O) groups is 1. The number of hydrogen-bond donors (Lipinski definition) is 3. The highest BCUT2D eigenvalue weighted by Crippen LogP contribution is 2.35. The van der Waals surface area contributed by atoms with Crippen LogP contribution in [0.1, 0.15) is 19.8 Å². The summed E-state index contributed by atoms with van der Waals surface area (Å²) in [4.78, 5) is 18.6. The maximum absolute atomic E-state index is 12.5. The van der Waals surface area contributed by atoms with Crippen LogP contribution in [-0.4, -0.2) is 37.1 Å². The largest absolute Gasteiger partial charge is 0.478 e. The monoisotopic (exact) mass is 390 g/mol. The van der Waals surface area contributed by atoms with E-state index in [0.29, 0.717) is 28.4 Å². The summed E-state index contributed by atoms with van der Waals surface area (Å²) in [7, 11) is -3.60. The summed E-state index contributed by atoms with van der Waals surface area (Å²) >= 11 is 0. The predicted octanol–water partition coefficient (Wildman–Crippen LogP) is 2.01. The summed E-state index contributed by atoms with van der Waals surface area (Å²) in [6, 6.07) is 6.43. The highest BCUT2D eigenvalue weighted by atomic mass is 32.2. The van der Waals surface area contributed by atoms with Crippen LogP contribution in [0.25, 0.3) is 21.8 Å². The van der Waals surface area contributed by atoms with Gasteiger partial charge in [-0.05, 0) is 38.0 Å². The normalized spacial score (nSPS) is 14.6.